The molecule has 0 aliphatic heterocycles. The monoisotopic (exact) mass is 1060 g/mol. The molecule has 11 aromatic rings. The van der Waals surface area contributed by atoms with Crippen LogP contribution in [0.25, 0.3) is 100 Å². The van der Waals surface area contributed by atoms with Crippen molar-refractivity contribution in [1.29, 1.82) is 0 Å². The van der Waals surface area contributed by atoms with E-state index in [4.69, 9.17) is 15.0 Å². The number of nitrogens with zero attached hydrogens (tertiary/aromatic N) is 5. The molecule has 3 aromatic heterocycles. The Bertz CT molecular complexity index is 3890. The van der Waals surface area contributed by atoms with Crippen LogP contribution in [0.1, 0.15) is 27.8 Å². The Morgan fingerprint density at radius 2 is 0.645 bits per heavy atom. The predicted molar refractivity (Wildman–Crippen MR) is 255 cm³/mol. The highest BCUT2D eigenvalue weighted by molar-refractivity contribution is 6.11. The standard InChI is InChI=1S/C56H28F15N5/c57-52(58,59)32-15-20-42-37(25-32)38-26-33(53(60,61)62)16-21-43(38)75(42)46-19-14-31(24-41(46)51-73-49(29-8-3-1-4-9-29)72-50(74-51)30-10-5-2-6-11-30)36-12-7-13-47(48(36)56(69,70)71)76-44-22-17-34(54(63,64)65)27-39(44)40-28-35(55(66,67)68)18-23-45(40)76/h1-28H. The Morgan fingerprint density at radius 3 is 1.01 bits per heavy atom. The molecular weight excluding hydrogens is 1030 g/mol. The molecule has 0 saturated carbocycles. The molecule has 0 amide bonds. The van der Waals surface area contributed by atoms with E-state index in [-0.39, 0.29) is 67.1 Å². The number of hydrogen-bond donors (Lipinski definition) is 0. The molecule has 3 heterocycles. The second-order valence-corrected chi connectivity index (χ2v) is 17.6. The molecule has 0 radical (unpaired) electrons. The number of aromatic nitrogens is 5. The average Bonchev–Trinajstić information content (AvgIpc) is 3.96. The van der Waals surface area contributed by atoms with E-state index in [1.807, 2.05) is 0 Å². The smallest absolute Gasteiger partial charge is 0.309 e. The summed E-state index contributed by atoms with van der Waals surface area (Å²) < 4.78 is 221. The van der Waals surface area contributed by atoms with Crippen LogP contribution in [-0.2, 0) is 30.9 Å². The van der Waals surface area contributed by atoms with Gasteiger partial charge in [-0.15, -0.1) is 0 Å². The van der Waals surface area contributed by atoms with Crippen molar-refractivity contribution in [3.63, 3.8) is 0 Å². The Kier molecular flexibility index (Phi) is 11.4. The van der Waals surface area contributed by atoms with Crippen LogP contribution in [0.4, 0.5) is 65.9 Å². The predicted octanol–water partition coefficient (Wildman–Crippen LogP) is 17.8. The molecule has 20 heteroatoms. The molecule has 8 aromatic carbocycles. The number of rotatable bonds is 6. The molecule has 0 atom stereocenters. The molecule has 5 nitrogen and oxygen atoms in total. The summed E-state index contributed by atoms with van der Waals surface area (Å²) in [5.74, 6) is -0.106. The van der Waals surface area contributed by atoms with Crippen LogP contribution < -0.4 is 0 Å². The van der Waals surface area contributed by atoms with E-state index < -0.39 is 80.7 Å². The second kappa shape index (κ2) is 17.5. The van der Waals surface area contributed by atoms with E-state index in [0.717, 1.165) is 53.1 Å². The Morgan fingerprint density at radius 1 is 0.276 bits per heavy atom. The third-order valence-electron chi connectivity index (χ3n) is 12.9. The summed E-state index contributed by atoms with van der Waals surface area (Å²) in [6.07, 6.45) is -25.2. The highest BCUT2D eigenvalue weighted by Gasteiger charge is 2.40. The van der Waals surface area contributed by atoms with Crippen LogP contribution in [0.3, 0.4) is 0 Å². The first-order valence-corrected chi connectivity index (χ1v) is 22.5. The second-order valence-electron chi connectivity index (χ2n) is 17.6. The average molecular weight is 1060 g/mol. The molecule has 11 rings (SSSR count). The first-order chi connectivity index (χ1) is 35.8. The van der Waals surface area contributed by atoms with Crippen molar-refractivity contribution in [2.24, 2.45) is 0 Å². The van der Waals surface area contributed by atoms with Gasteiger partial charge in [-0.2, -0.15) is 65.9 Å². The van der Waals surface area contributed by atoms with Gasteiger partial charge in [-0.05, 0) is 102 Å². The summed E-state index contributed by atoms with van der Waals surface area (Å²) in [7, 11) is 0. The first kappa shape index (κ1) is 49.5. The van der Waals surface area contributed by atoms with Gasteiger partial charge in [0.1, 0.15) is 0 Å². The molecule has 0 bridgehead atoms. The van der Waals surface area contributed by atoms with Crippen LogP contribution in [0.5, 0.6) is 0 Å². The molecule has 0 fully saturated rings. The molecule has 0 saturated heterocycles. The number of benzene rings is 8. The van der Waals surface area contributed by atoms with Gasteiger partial charge in [-0.3, -0.25) is 0 Å². The highest BCUT2D eigenvalue weighted by atomic mass is 19.4. The first-order valence-electron chi connectivity index (χ1n) is 22.5. The zero-order chi connectivity index (χ0) is 53.9. The van der Waals surface area contributed by atoms with Crippen LogP contribution >= 0.6 is 0 Å². The van der Waals surface area contributed by atoms with Crippen LogP contribution in [0.15, 0.2) is 170 Å². The maximum atomic E-state index is 16.1. The van der Waals surface area contributed by atoms with E-state index in [0.29, 0.717) is 47.5 Å². The summed E-state index contributed by atoms with van der Waals surface area (Å²) in [5.41, 5.74) is -7.77. The number of alkyl halides is 15. The Balaban J connectivity index is 1.23. The zero-order valence-corrected chi connectivity index (χ0v) is 38.1. The number of fused-ring (bicyclic) bond motifs is 6. The molecule has 0 spiro atoms. The largest absolute Gasteiger partial charge is 0.419 e. The third-order valence-corrected chi connectivity index (χ3v) is 12.9. The van der Waals surface area contributed by atoms with Crippen molar-refractivity contribution >= 4 is 43.6 Å². The summed E-state index contributed by atoms with van der Waals surface area (Å²) >= 11 is 0. The van der Waals surface area contributed by atoms with Gasteiger partial charge in [0, 0.05) is 38.2 Å². The van der Waals surface area contributed by atoms with Crippen molar-refractivity contribution < 1.29 is 65.9 Å². The van der Waals surface area contributed by atoms with Crippen LogP contribution in [-0.4, -0.2) is 24.1 Å². The highest BCUT2D eigenvalue weighted by Crippen LogP contribution is 2.48. The van der Waals surface area contributed by atoms with Crippen LogP contribution in [0, 0.1) is 0 Å². The Labute approximate surface area is 417 Å². The van der Waals surface area contributed by atoms with Gasteiger partial charge < -0.3 is 9.13 Å². The molecule has 0 N–H and O–H groups in total. The van der Waals surface area contributed by atoms with Crippen molar-refractivity contribution in [1.82, 2.24) is 24.1 Å². The zero-order valence-electron chi connectivity index (χ0n) is 38.1. The fourth-order valence-electron chi connectivity index (χ4n) is 9.54. The summed E-state index contributed by atoms with van der Waals surface area (Å²) in [5, 5.41) is -1.40. The van der Waals surface area contributed by atoms with Gasteiger partial charge in [0.2, 0.25) is 0 Å². The quantitative estimate of drug-likeness (QED) is 0.156. The van der Waals surface area contributed by atoms with Gasteiger partial charge in [-0.25, -0.2) is 15.0 Å². The molecule has 0 aliphatic rings. The molecule has 76 heavy (non-hydrogen) atoms. The van der Waals surface area contributed by atoms with Crippen LogP contribution in [0.2, 0.25) is 0 Å². The summed E-state index contributed by atoms with van der Waals surface area (Å²) in [6, 6.07) is 32.8. The normalized spacial score (nSPS) is 12.9. The minimum atomic E-state index is -5.32. The summed E-state index contributed by atoms with van der Waals surface area (Å²) in [6.45, 7) is 0. The Hall–Kier alpha value is -8.68. The van der Waals surface area contributed by atoms with E-state index in [1.54, 1.807) is 60.7 Å². The van der Waals surface area contributed by atoms with Crippen molar-refractivity contribution in [2.75, 3.05) is 0 Å². The maximum Gasteiger partial charge on any atom is 0.419 e. The topological polar surface area (TPSA) is 48.5 Å². The third kappa shape index (κ3) is 8.69. The van der Waals surface area contributed by atoms with E-state index in [9.17, 15) is 52.7 Å². The lowest BCUT2D eigenvalue weighted by molar-refractivity contribution is -0.138. The fourth-order valence-corrected chi connectivity index (χ4v) is 9.54. The number of hydrogen-bond acceptors (Lipinski definition) is 3. The van der Waals surface area contributed by atoms with Crippen molar-refractivity contribution in [3.8, 4) is 56.7 Å². The van der Waals surface area contributed by atoms with Crippen molar-refractivity contribution in [3.05, 3.63) is 198 Å². The lowest BCUT2D eigenvalue weighted by Crippen LogP contribution is -2.13. The van der Waals surface area contributed by atoms with E-state index >= 15 is 13.2 Å². The van der Waals surface area contributed by atoms with E-state index in [1.165, 1.54) is 28.8 Å². The van der Waals surface area contributed by atoms with E-state index in [2.05, 4.69) is 0 Å². The molecular formula is C56H28F15N5. The van der Waals surface area contributed by atoms with Gasteiger partial charge in [-0.1, -0.05) is 78.9 Å². The van der Waals surface area contributed by atoms with Gasteiger partial charge >= 0.3 is 30.9 Å². The minimum absolute atomic E-state index is 0.0273. The molecule has 0 unspecified atom stereocenters. The lowest BCUT2D eigenvalue weighted by atomic mass is 9.95. The van der Waals surface area contributed by atoms with Gasteiger partial charge in [0.25, 0.3) is 0 Å². The minimum Gasteiger partial charge on any atom is -0.309 e. The number of halogens is 15. The SMILES string of the molecule is FC(F)(F)c1ccc2c(c1)c1cc(C(F)(F)F)ccc1n2-c1ccc(-c2cccc(-n3c4ccc(C(F)(F)F)cc4c4cc(C(F)(F)F)ccc43)c2C(F)(F)F)cc1-c1nc(-c2ccccc2)nc(-c2ccccc2)n1. The van der Waals surface area contributed by atoms with Gasteiger partial charge in [0.15, 0.2) is 17.5 Å². The van der Waals surface area contributed by atoms with Crippen molar-refractivity contribution in [2.45, 2.75) is 30.9 Å². The lowest BCUT2D eigenvalue weighted by Gasteiger charge is -2.21. The fraction of sp³-hybridized carbons (Fsp3) is 0.0893. The maximum absolute atomic E-state index is 16.1. The van der Waals surface area contributed by atoms with Gasteiger partial charge in [0.05, 0.1) is 61.3 Å². The molecule has 0 aliphatic carbocycles. The summed E-state index contributed by atoms with van der Waals surface area (Å²) in [4.78, 5) is 14.3. The molecule has 382 valence electrons.